The Bertz CT molecular complexity index is 1050. The fourth-order valence-corrected chi connectivity index (χ4v) is 2.43. The van der Waals surface area contributed by atoms with E-state index in [4.69, 9.17) is 13.9 Å². The number of carbonyl (C=O) groups excluding carboxylic acids is 2. The topological polar surface area (TPSA) is 89.8 Å². The van der Waals surface area contributed by atoms with Gasteiger partial charge in [-0.2, -0.15) is 0 Å². The molecule has 0 aliphatic heterocycles. The van der Waals surface area contributed by atoms with Crippen LogP contribution in [0.4, 0.5) is 4.39 Å². The van der Waals surface area contributed by atoms with Gasteiger partial charge in [0.1, 0.15) is 18.1 Å². The molecule has 0 aliphatic carbocycles. The van der Waals surface area contributed by atoms with Gasteiger partial charge in [0.25, 0.3) is 5.91 Å². The van der Waals surface area contributed by atoms with Crippen molar-refractivity contribution in [2.45, 2.75) is 6.61 Å². The second kappa shape index (κ2) is 9.92. The standard InChI is InChI=1S/C22H19FN2O5/c1-28-19-10-7-15(13-18(19)23)8-12-21(26)24-25-22(27)20-11-9-17(30-20)14-29-16-5-3-2-4-6-16/h2-13H,14H2,1H3,(H,24,26)(H,25,27)/b12-8+. The van der Waals surface area contributed by atoms with Crippen molar-refractivity contribution in [2.24, 2.45) is 0 Å². The normalized spacial score (nSPS) is 10.6. The van der Waals surface area contributed by atoms with Gasteiger partial charge in [-0.05, 0) is 48.0 Å². The number of benzene rings is 2. The van der Waals surface area contributed by atoms with Gasteiger partial charge in [0.2, 0.25) is 0 Å². The molecule has 0 unspecified atom stereocenters. The SMILES string of the molecule is COc1ccc(/C=C/C(=O)NNC(=O)c2ccc(COc3ccccc3)o2)cc1F. The number of hydrogen-bond donors (Lipinski definition) is 2. The monoisotopic (exact) mass is 410 g/mol. The van der Waals surface area contributed by atoms with Crippen LogP contribution in [0.15, 0.2) is 71.2 Å². The Morgan fingerprint density at radius 2 is 1.87 bits per heavy atom. The first-order valence-corrected chi connectivity index (χ1v) is 8.93. The summed E-state index contributed by atoms with van der Waals surface area (Å²) >= 11 is 0. The molecule has 0 saturated heterocycles. The Morgan fingerprint density at radius 1 is 1.07 bits per heavy atom. The van der Waals surface area contributed by atoms with Gasteiger partial charge in [-0.3, -0.25) is 20.4 Å². The van der Waals surface area contributed by atoms with Crippen LogP contribution in [0.1, 0.15) is 21.9 Å². The summed E-state index contributed by atoms with van der Waals surface area (Å²) in [6.07, 6.45) is 2.55. The number of amides is 2. The van der Waals surface area contributed by atoms with Crippen LogP contribution in [0.3, 0.4) is 0 Å². The summed E-state index contributed by atoms with van der Waals surface area (Å²) in [5, 5.41) is 0. The Hall–Kier alpha value is -4.07. The number of furan rings is 1. The minimum atomic E-state index is -0.627. The molecule has 3 rings (SSSR count). The molecule has 30 heavy (non-hydrogen) atoms. The first-order valence-electron chi connectivity index (χ1n) is 8.93. The first kappa shape index (κ1) is 20.7. The van der Waals surface area contributed by atoms with Crippen molar-refractivity contribution < 1.29 is 27.9 Å². The number of rotatable bonds is 7. The van der Waals surface area contributed by atoms with E-state index in [1.54, 1.807) is 24.3 Å². The zero-order chi connectivity index (χ0) is 21.3. The number of para-hydroxylation sites is 1. The molecule has 0 radical (unpaired) electrons. The maximum Gasteiger partial charge on any atom is 0.305 e. The summed E-state index contributed by atoms with van der Waals surface area (Å²) in [6.45, 7) is 0.158. The quantitative estimate of drug-likeness (QED) is 0.460. The maximum absolute atomic E-state index is 13.6. The molecule has 2 N–H and O–H groups in total. The van der Waals surface area contributed by atoms with E-state index in [1.165, 1.54) is 31.4 Å². The lowest BCUT2D eigenvalue weighted by molar-refractivity contribution is -0.117. The zero-order valence-electron chi connectivity index (χ0n) is 16.1. The van der Waals surface area contributed by atoms with E-state index in [-0.39, 0.29) is 18.1 Å². The fourth-order valence-electron chi connectivity index (χ4n) is 2.43. The molecule has 1 aromatic heterocycles. The lowest BCUT2D eigenvalue weighted by Gasteiger charge is -2.04. The third-order valence-electron chi connectivity index (χ3n) is 3.91. The minimum Gasteiger partial charge on any atom is -0.494 e. The minimum absolute atomic E-state index is 0.0168. The molecule has 154 valence electrons. The van der Waals surface area contributed by atoms with Crippen molar-refractivity contribution in [1.82, 2.24) is 10.9 Å². The van der Waals surface area contributed by atoms with Crippen molar-refractivity contribution in [3.63, 3.8) is 0 Å². The van der Waals surface area contributed by atoms with Crippen LogP contribution >= 0.6 is 0 Å². The molecular formula is C22H19FN2O5. The Labute approximate surface area is 172 Å². The van der Waals surface area contributed by atoms with Crippen molar-refractivity contribution in [3.05, 3.63) is 89.6 Å². The van der Waals surface area contributed by atoms with Crippen LogP contribution in [0.2, 0.25) is 0 Å². The average Bonchev–Trinajstić information content (AvgIpc) is 3.24. The molecule has 3 aromatic rings. The van der Waals surface area contributed by atoms with Crippen molar-refractivity contribution >= 4 is 17.9 Å². The van der Waals surface area contributed by atoms with Crippen LogP contribution in [0.5, 0.6) is 11.5 Å². The second-order valence-electron chi connectivity index (χ2n) is 6.04. The first-order chi connectivity index (χ1) is 14.5. The summed E-state index contributed by atoms with van der Waals surface area (Å²) in [5.74, 6) is -0.512. The second-order valence-corrected chi connectivity index (χ2v) is 6.04. The number of methoxy groups -OCH3 is 1. The van der Waals surface area contributed by atoms with Crippen molar-refractivity contribution in [3.8, 4) is 11.5 Å². The van der Waals surface area contributed by atoms with Crippen LogP contribution in [0, 0.1) is 5.82 Å². The van der Waals surface area contributed by atoms with E-state index in [2.05, 4.69) is 10.9 Å². The van der Waals surface area contributed by atoms with Gasteiger partial charge in [-0.1, -0.05) is 24.3 Å². The van der Waals surface area contributed by atoms with Crippen molar-refractivity contribution in [1.29, 1.82) is 0 Å². The maximum atomic E-state index is 13.6. The molecule has 8 heteroatoms. The van der Waals surface area contributed by atoms with Gasteiger partial charge in [0.05, 0.1) is 7.11 Å². The van der Waals surface area contributed by atoms with E-state index in [0.717, 1.165) is 6.08 Å². The fraction of sp³-hybridized carbons (Fsp3) is 0.0909. The Morgan fingerprint density at radius 3 is 2.60 bits per heavy atom. The molecule has 0 bridgehead atoms. The van der Waals surface area contributed by atoms with Gasteiger partial charge < -0.3 is 13.9 Å². The predicted molar refractivity (Wildman–Crippen MR) is 107 cm³/mol. The zero-order valence-corrected chi connectivity index (χ0v) is 16.1. The summed E-state index contributed by atoms with van der Waals surface area (Å²) in [5.41, 5.74) is 4.92. The highest BCUT2D eigenvalue weighted by molar-refractivity contribution is 5.96. The molecule has 0 fully saturated rings. The molecule has 0 saturated carbocycles. The highest BCUT2D eigenvalue weighted by atomic mass is 19.1. The van der Waals surface area contributed by atoms with E-state index in [1.807, 2.05) is 18.2 Å². The van der Waals surface area contributed by atoms with Crippen LogP contribution in [0.25, 0.3) is 6.08 Å². The number of hydrazine groups is 1. The number of nitrogens with one attached hydrogen (secondary N) is 2. The third kappa shape index (κ3) is 5.71. The number of halogens is 1. The predicted octanol–water partition coefficient (Wildman–Crippen LogP) is 3.48. The van der Waals surface area contributed by atoms with Gasteiger partial charge in [0.15, 0.2) is 17.3 Å². The molecule has 7 nitrogen and oxygen atoms in total. The molecule has 0 atom stereocenters. The van der Waals surface area contributed by atoms with E-state index >= 15 is 0 Å². The van der Waals surface area contributed by atoms with Gasteiger partial charge in [0, 0.05) is 6.08 Å². The van der Waals surface area contributed by atoms with Crippen LogP contribution in [-0.2, 0) is 11.4 Å². The Balaban J connectivity index is 1.47. The molecule has 1 heterocycles. The largest absolute Gasteiger partial charge is 0.494 e. The highest BCUT2D eigenvalue weighted by Crippen LogP contribution is 2.18. The molecule has 0 aliphatic rings. The highest BCUT2D eigenvalue weighted by Gasteiger charge is 2.12. The van der Waals surface area contributed by atoms with Crippen LogP contribution < -0.4 is 20.3 Å². The lowest BCUT2D eigenvalue weighted by atomic mass is 10.2. The Kier molecular flexibility index (Phi) is 6.83. The molecular weight excluding hydrogens is 391 g/mol. The van der Waals surface area contributed by atoms with E-state index in [9.17, 15) is 14.0 Å². The third-order valence-corrected chi connectivity index (χ3v) is 3.91. The summed E-state index contributed by atoms with van der Waals surface area (Å²) in [7, 11) is 1.36. The summed E-state index contributed by atoms with van der Waals surface area (Å²) in [6, 6.07) is 16.5. The molecule has 0 spiro atoms. The van der Waals surface area contributed by atoms with Gasteiger partial charge in [-0.25, -0.2) is 4.39 Å². The smallest absolute Gasteiger partial charge is 0.305 e. The van der Waals surface area contributed by atoms with E-state index in [0.29, 0.717) is 17.1 Å². The average molecular weight is 410 g/mol. The molecule has 2 aromatic carbocycles. The summed E-state index contributed by atoms with van der Waals surface area (Å²) in [4.78, 5) is 23.9. The van der Waals surface area contributed by atoms with Gasteiger partial charge in [-0.15, -0.1) is 0 Å². The van der Waals surface area contributed by atoms with Gasteiger partial charge >= 0.3 is 5.91 Å². The van der Waals surface area contributed by atoms with E-state index < -0.39 is 17.6 Å². The lowest BCUT2D eigenvalue weighted by Crippen LogP contribution is -2.40. The molecule has 2 amide bonds. The summed E-state index contributed by atoms with van der Waals surface area (Å²) < 4.78 is 29.4. The number of hydrogen-bond acceptors (Lipinski definition) is 5. The number of ether oxygens (including phenoxy) is 2. The van der Waals surface area contributed by atoms with Crippen molar-refractivity contribution in [2.75, 3.05) is 7.11 Å². The number of carbonyl (C=O) groups is 2. The van der Waals surface area contributed by atoms with Crippen LogP contribution in [-0.4, -0.2) is 18.9 Å².